The summed E-state index contributed by atoms with van der Waals surface area (Å²) in [4.78, 5) is 0. The minimum Gasteiger partial charge on any atom is -0.396 e. The minimum absolute atomic E-state index is 0.200. The molecular formula is C11H20N4O. The molecule has 16 heavy (non-hydrogen) atoms. The molecular weight excluding hydrogens is 204 g/mol. The lowest BCUT2D eigenvalue weighted by atomic mass is 10.1. The average molecular weight is 224 g/mol. The maximum atomic E-state index is 8.70. The molecule has 0 saturated heterocycles. The SMILES string of the molecule is CC1(CNCc2cn(CCCO)nn2)CC1. The zero-order valence-electron chi connectivity index (χ0n) is 9.82. The molecule has 90 valence electrons. The summed E-state index contributed by atoms with van der Waals surface area (Å²) in [5.74, 6) is 0. The van der Waals surface area contributed by atoms with Gasteiger partial charge < -0.3 is 10.4 Å². The third-order valence-corrected chi connectivity index (χ3v) is 3.09. The van der Waals surface area contributed by atoms with Gasteiger partial charge in [0.2, 0.25) is 0 Å². The van der Waals surface area contributed by atoms with Crippen molar-refractivity contribution in [1.82, 2.24) is 20.3 Å². The summed E-state index contributed by atoms with van der Waals surface area (Å²) in [5, 5.41) is 20.2. The lowest BCUT2D eigenvalue weighted by Crippen LogP contribution is -2.21. The Morgan fingerprint density at radius 1 is 1.56 bits per heavy atom. The molecule has 0 spiro atoms. The van der Waals surface area contributed by atoms with E-state index >= 15 is 0 Å². The van der Waals surface area contributed by atoms with E-state index in [0.29, 0.717) is 5.41 Å². The Kier molecular flexibility index (Phi) is 3.56. The van der Waals surface area contributed by atoms with Crippen LogP contribution in [0.3, 0.4) is 0 Å². The van der Waals surface area contributed by atoms with Crippen molar-refractivity contribution in [1.29, 1.82) is 0 Å². The molecule has 2 rings (SSSR count). The standard InChI is InChI=1S/C11H20N4O/c1-11(3-4-11)9-12-7-10-8-15(14-13-10)5-2-6-16/h8,12,16H,2-7,9H2,1H3. The van der Waals surface area contributed by atoms with Crippen molar-refractivity contribution in [3.05, 3.63) is 11.9 Å². The van der Waals surface area contributed by atoms with E-state index in [4.69, 9.17) is 5.11 Å². The van der Waals surface area contributed by atoms with Gasteiger partial charge in [0, 0.05) is 32.4 Å². The van der Waals surface area contributed by atoms with Crippen LogP contribution in [0.4, 0.5) is 0 Å². The van der Waals surface area contributed by atoms with Gasteiger partial charge in [-0.15, -0.1) is 5.10 Å². The Bertz CT molecular complexity index is 332. The number of aliphatic hydroxyl groups is 1. The van der Waals surface area contributed by atoms with Gasteiger partial charge in [-0.25, -0.2) is 0 Å². The molecule has 0 aliphatic heterocycles. The van der Waals surface area contributed by atoms with Gasteiger partial charge in [0.05, 0.1) is 5.69 Å². The number of nitrogens with zero attached hydrogens (tertiary/aromatic N) is 3. The first-order chi connectivity index (χ1) is 7.72. The van der Waals surface area contributed by atoms with Crippen LogP contribution in [0.1, 0.15) is 31.9 Å². The van der Waals surface area contributed by atoms with E-state index < -0.39 is 0 Å². The molecule has 1 aromatic rings. The number of nitrogens with one attached hydrogen (secondary N) is 1. The Morgan fingerprint density at radius 2 is 2.38 bits per heavy atom. The van der Waals surface area contributed by atoms with E-state index in [9.17, 15) is 0 Å². The summed E-state index contributed by atoms with van der Waals surface area (Å²) in [6.07, 6.45) is 5.35. The monoisotopic (exact) mass is 224 g/mol. The quantitative estimate of drug-likeness (QED) is 0.710. The van der Waals surface area contributed by atoms with Crippen LogP contribution in [0.5, 0.6) is 0 Å². The Morgan fingerprint density at radius 3 is 3.06 bits per heavy atom. The maximum Gasteiger partial charge on any atom is 0.0964 e. The Hall–Kier alpha value is -0.940. The van der Waals surface area contributed by atoms with E-state index in [-0.39, 0.29) is 6.61 Å². The minimum atomic E-state index is 0.200. The molecule has 0 bridgehead atoms. The van der Waals surface area contributed by atoms with E-state index in [2.05, 4.69) is 22.6 Å². The highest BCUT2D eigenvalue weighted by atomic mass is 16.3. The number of hydrogen-bond acceptors (Lipinski definition) is 4. The van der Waals surface area contributed by atoms with Crippen molar-refractivity contribution >= 4 is 0 Å². The lowest BCUT2D eigenvalue weighted by molar-refractivity contribution is 0.276. The fourth-order valence-corrected chi connectivity index (χ4v) is 1.64. The van der Waals surface area contributed by atoms with Gasteiger partial charge >= 0.3 is 0 Å². The Labute approximate surface area is 95.8 Å². The first kappa shape index (κ1) is 11.5. The van der Waals surface area contributed by atoms with Crippen LogP contribution in [-0.4, -0.2) is 33.3 Å². The predicted molar refractivity (Wildman–Crippen MR) is 60.8 cm³/mol. The number of hydrogen-bond donors (Lipinski definition) is 2. The molecule has 1 saturated carbocycles. The molecule has 1 heterocycles. The van der Waals surface area contributed by atoms with E-state index in [1.54, 1.807) is 4.68 Å². The van der Waals surface area contributed by atoms with Crippen LogP contribution < -0.4 is 5.32 Å². The van der Waals surface area contributed by atoms with Gasteiger partial charge in [0.15, 0.2) is 0 Å². The second kappa shape index (κ2) is 4.93. The second-order valence-corrected chi connectivity index (χ2v) is 4.96. The molecule has 1 aromatic heterocycles. The number of aromatic nitrogens is 3. The van der Waals surface area contributed by atoms with Crippen LogP contribution >= 0.6 is 0 Å². The van der Waals surface area contributed by atoms with Crippen molar-refractivity contribution in [2.45, 2.75) is 39.3 Å². The van der Waals surface area contributed by atoms with Gasteiger partial charge in [0.1, 0.15) is 0 Å². The van der Waals surface area contributed by atoms with Crippen LogP contribution in [0.25, 0.3) is 0 Å². The van der Waals surface area contributed by atoms with E-state index in [0.717, 1.165) is 31.7 Å². The fraction of sp³-hybridized carbons (Fsp3) is 0.818. The van der Waals surface area contributed by atoms with Crippen molar-refractivity contribution in [2.24, 2.45) is 5.41 Å². The fourth-order valence-electron chi connectivity index (χ4n) is 1.64. The maximum absolute atomic E-state index is 8.70. The number of aryl methyl sites for hydroxylation is 1. The van der Waals surface area contributed by atoms with Crippen molar-refractivity contribution in [3.63, 3.8) is 0 Å². The topological polar surface area (TPSA) is 63.0 Å². The van der Waals surface area contributed by atoms with Crippen molar-refractivity contribution in [3.8, 4) is 0 Å². The van der Waals surface area contributed by atoms with Crippen LogP contribution in [0.15, 0.2) is 6.20 Å². The molecule has 5 heteroatoms. The first-order valence-corrected chi connectivity index (χ1v) is 5.92. The predicted octanol–water partition coefficient (Wildman–Crippen LogP) is 0.550. The number of rotatable bonds is 7. The summed E-state index contributed by atoms with van der Waals surface area (Å²) >= 11 is 0. The highest BCUT2D eigenvalue weighted by molar-refractivity contribution is 4.94. The highest BCUT2D eigenvalue weighted by Crippen LogP contribution is 2.44. The highest BCUT2D eigenvalue weighted by Gasteiger charge is 2.36. The third kappa shape index (κ3) is 3.28. The molecule has 0 atom stereocenters. The molecule has 1 aliphatic carbocycles. The Balaban J connectivity index is 1.70. The van der Waals surface area contributed by atoms with Crippen LogP contribution in [0.2, 0.25) is 0 Å². The van der Waals surface area contributed by atoms with E-state index in [1.807, 2.05) is 6.20 Å². The van der Waals surface area contributed by atoms with Crippen LogP contribution in [0, 0.1) is 5.41 Å². The summed E-state index contributed by atoms with van der Waals surface area (Å²) in [6.45, 7) is 5.09. The molecule has 0 radical (unpaired) electrons. The largest absolute Gasteiger partial charge is 0.396 e. The summed E-state index contributed by atoms with van der Waals surface area (Å²) < 4.78 is 1.78. The van der Waals surface area contributed by atoms with Gasteiger partial charge in [-0.1, -0.05) is 12.1 Å². The molecule has 2 N–H and O–H groups in total. The normalized spacial score (nSPS) is 17.6. The lowest BCUT2D eigenvalue weighted by Gasteiger charge is -2.07. The van der Waals surface area contributed by atoms with Crippen molar-refractivity contribution < 1.29 is 5.11 Å². The van der Waals surface area contributed by atoms with Gasteiger partial charge in [-0.3, -0.25) is 4.68 Å². The molecule has 0 aromatic carbocycles. The summed E-state index contributed by atoms with van der Waals surface area (Å²) in [5.41, 5.74) is 1.51. The van der Waals surface area contributed by atoms with Gasteiger partial charge in [-0.2, -0.15) is 0 Å². The summed E-state index contributed by atoms with van der Waals surface area (Å²) in [7, 11) is 0. The zero-order valence-corrected chi connectivity index (χ0v) is 9.82. The van der Waals surface area contributed by atoms with Crippen molar-refractivity contribution in [2.75, 3.05) is 13.2 Å². The van der Waals surface area contributed by atoms with Gasteiger partial charge in [-0.05, 0) is 24.7 Å². The first-order valence-electron chi connectivity index (χ1n) is 5.92. The average Bonchev–Trinajstić information content (AvgIpc) is 2.83. The number of aliphatic hydroxyl groups excluding tert-OH is 1. The molecule has 1 fully saturated rings. The molecule has 0 amide bonds. The summed E-state index contributed by atoms with van der Waals surface area (Å²) in [6, 6.07) is 0. The molecule has 5 nitrogen and oxygen atoms in total. The third-order valence-electron chi connectivity index (χ3n) is 3.09. The van der Waals surface area contributed by atoms with E-state index in [1.165, 1.54) is 12.8 Å². The second-order valence-electron chi connectivity index (χ2n) is 4.96. The van der Waals surface area contributed by atoms with Crippen LogP contribution in [-0.2, 0) is 13.1 Å². The smallest absolute Gasteiger partial charge is 0.0964 e. The molecule has 1 aliphatic rings. The van der Waals surface area contributed by atoms with Gasteiger partial charge in [0.25, 0.3) is 0 Å². The molecule has 0 unspecified atom stereocenters. The zero-order chi connectivity index (χ0) is 11.4.